The number of amides is 1. The van der Waals surface area contributed by atoms with E-state index < -0.39 is 24.1 Å². The molecule has 0 heterocycles. The van der Waals surface area contributed by atoms with Gasteiger partial charge in [-0.3, -0.25) is 4.79 Å². The lowest BCUT2D eigenvalue weighted by Crippen LogP contribution is -2.42. The molecule has 1 unspecified atom stereocenters. The molecule has 0 aromatic carbocycles. The Bertz CT molecular complexity index is 392. The summed E-state index contributed by atoms with van der Waals surface area (Å²) in [5.41, 5.74) is 0. The van der Waals surface area contributed by atoms with Gasteiger partial charge in [-0.2, -0.15) is 0 Å². The van der Waals surface area contributed by atoms with E-state index >= 15 is 0 Å². The smallest absolute Gasteiger partial charge is 0.408 e. The topological polar surface area (TPSA) is 102 Å². The Morgan fingerprint density at radius 3 is 2.39 bits per heavy atom. The standard InChI is InChI=1S/C16H27NO6/c1-22-15(20)13(10-4-2-3-5-11-14(18)19)17-16(21)23-12-8-6-7-9-12/h12-13H,2-11H2,1H3,(H,17,21)(H,18,19). The molecule has 1 fully saturated rings. The predicted octanol–water partition coefficient (Wildman–Crippen LogP) is 2.62. The van der Waals surface area contributed by atoms with Crippen molar-refractivity contribution in [2.45, 2.75) is 76.4 Å². The number of aliphatic carboxylic acids is 1. The van der Waals surface area contributed by atoms with E-state index in [1.807, 2.05) is 0 Å². The van der Waals surface area contributed by atoms with Gasteiger partial charge in [-0.15, -0.1) is 0 Å². The molecule has 1 saturated carbocycles. The highest BCUT2D eigenvalue weighted by molar-refractivity contribution is 5.81. The molecule has 0 spiro atoms. The van der Waals surface area contributed by atoms with E-state index in [1.54, 1.807) is 0 Å². The number of hydrogen-bond acceptors (Lipinski definition) is 5. The number of unbranched alkanes of at least 4 members (excludes halogenated alkanes) is 3. The summed E-state index contributed by atoms with van der Waals surface area (Å²) in [7, 11) is 1.28. The molecule has 0 saturated heterocycles. The second-order valence-electron chi connectivity index (χ2n) is 5.88. The number of rotatable bonds is 10. The molecule has 1 aliphatic carbocycles. The number of alkyl carbamates (subject to hydrolysis) is 1. The first-order valence-electron chi connectivity index (χ1n) is 8.29. The van der Waals surface area contributed by atoms with Crippen LogP contribution in [-0.4, -0.2) is 42.4 Å². The molecule has 132 valence electrons. The van der Waals surface area contributed by atoms with Gasteiger partial charge in [-0.05, 0) is 38.5 Å². The Morgan fingerprint density at radius 2 is 1.78 bits per heavy atom. The van der Waals surface area contributed by atoms with E-state index in [1.165, 1.54) is 7.11 Å². The number of carbonyl (C=O) groups is 3. The van der Waals surface area contributed by atoms with Crippen LogP contribution in [0, 0.1) is 0 Å². The quantitative estimate of drug-likeness (QED) is 0.472. The molecule has 0 aromatic rings. The Hall–Kier alpha value is -1.79. The number of carboxylic acids is 1. The maximum absolute atomic E-state index is 11.8. The second kappa shape index (κ2) is 10.9. The normalized spacial score (nSPS) is 15.9. The lowest BCUT2D eigenvalue weighted by atomic mass is 10.1. The Morgan fingerprint density at radius 1 is 1.13 bits per heavy atom. The van der Waals surface area contributed by atoms with Crippen LogP contribution in [0.5, 0.6) is 0 Å². The van der Waals surface area contributed by atoms with Crippen LogP contribution in [0.25, 0.3) is 0 Å². The van der Waals surface area contributed by atoms with Gasteiger partial charge in [0, 0.05) is 6.42 Å². The van der Waals surface area contributed by atoms with Crippen LogP contribution in [0.4, 0.5) is 4.79 Å². The Labute approximate surface area is 136 Å². The van der Waals surface area contributed by atoms with Gasteiger partial charge in [0.05, 0.1) is 7.11 Å². The Kier molecular flexibility index (Phi) is 9.09. The van der Waals surface area contributed by atoms with Gasteiger partial charge in [-0.25, -0.2) is 9.59 Å². The number of carbonyl (C=O) groups excluding carboxylic acids is 2. The lowest BCUT2D eigenvalue weighted by molar-refractivity contribution is -0.143. The number of esters is 1. The molecule has 1 aliphatic rings. The molecule has 1 rings (SSSR count). The van der Waals surface area contributed by atoms with Crippen molar-refractivity contribution in [3.8, 4) is 0 Å². The number of methoxy groups -OCH3 is 1. The van der Waals surface area contributed by atoms with Crippen LogP contribution in [0.15, 0.2) is 0 Å². The van der Waals surface area contributed by atoms with E-state index in [4.69, 9.17) is 14.6 Å². The first-order valence-corrected chi connectivity index (χ1v) is 8.29. The van der Waals surface area contributed by atoms with Crippen LogP contribution in [0.3, 0.4) is 0 Å². The summed E-state index contributed by atoms with van der Waals surface area (Å²) in [5.74, 6) is -1.28. The van der Waals surface area contributed by atoms with Crippen LogP contribution in [0.1, 0.15) is 64.2 Å². The van der Waals surface area contributed by atoms with Crippen molar-refractivity contribution in [3.63, 3.8) is 0 Å². The minimum atomic E-state index is -0.797. The highest BCUT2D eigenvalue weighted by Gasteiger charge is 2.24. The molecule has 2 N–H and O–H groups in total. The van der Waals surface area contributed by atoms with Gasteiger partial charge in [0.1, 0.15) is 12.1 Å². The largest absolute Gasteiger partial charge is 0.481 e. The fourth-order valence-corrected chi connectivity index (χ4v) is 2.70. The second-order valence-corrected chi connectivity index (χ2v) is 5.88. The average Bonchev–Trinajstić information content (AvgIpc) is 3.01. The molecule has 7 heteroatoms. The summed E-state index contributed by atoms with van der Waals surface area (Å²) < 4.78 is 9.99. The highest BCUT2D eigenvalue weighted by Crippen LogP contribution is 2.21. The minimum absolute atomic E-state index is 0.0516. The molecular formula is C16H27NO6. The number of ether oxygens (including phenoxy) is 2. The number of hydrogen-bond donors (Lipinski definition) is 2. The summed E-state index contributed by atoms with van der Waals surface area (Å²) in [5, 5.41) is 11.1. The van der Waals surface area contributed by atoms with Crippen molar-refractivity contribution < 1.29 is 29.0 Å². The summed E-state index contributed by atoms with van der Waals surface area (Å²) in [6.07, 6.45) is 6.79. The van der Waals surface area contributed by atoms with Crippen LogP contribution in [0.2, 0.25) is 0 Å². The SMILES string of the molecule is COC(=O)C(CCCCCCC(=O)O)NC(=O)OC1CCCC1. The highest BCUT2D eigenvalue weighted by atomic mass is 16.6. The predicted molar refractivity (Wildman–Crippen MR) is 83.0 cm³/mol. The number of carboxylic acid groups (broad SMARTS) is 1. The van der Waals surface area contributed by atoms with Crippen molar-refractivity contribution in [1.29, 1.82) is 0 Å². The summed E-state index contributed by atoms with van der Waals surface area (Å²) >= 11 is 0. The van der Waals surface area contributed by atoms with E-state index in [2.05, 4.69) is 5.32 Å². The third-order valence-electron chi connectivity index (χ3n) is 3.99. The van der Waals surface area contributed by atoms with Gasteiger partial charge in [0.25, 0.3) is 0 Å². The molecule has 7 nitrogen and oxygen atoms in total. The molecule has 23 heavy (non-hydrogen) atoms. The van der Waals surface area contributed by atoms with Gasteiger partial charge >= 0.3 is 18.0 Å². The van der Waals surface area contributed by atoms with Crippen molar-refractivity contribution in [1.82, 2.24) is 5.32 Å². The fourth-order valence-electron chi connectivity index (χ4n) is 2.70. The van der Waals surface area contributed by atoms with E-state index in [9.17, 15) is 14.4 Å². The molecule has 1 atom stereocenters. The van der Waals surface area contributed by atoms with Crippen LogP contribution in [-0.2, 0) is 19.1 Å². The van der Waals surface area contributed by atoms with Crippen molar-refractivity contribution in [2.75, 3.05) is 7.11 Å². The Balaban J connectivity index is 2.26. The van der Waals surface area contributed by atoms with Crippen molar-refractivity contribution in [3.05, 3.63) is 0 Å². The maximum atomic E-state index is 11.8. The monoisotopic (exact) mass is 329 g/mol. The summed E-state index contributed by atoms with van der Waals surface area (Å²) in [4.78, 5) is 34.0. The third-order valence-corrected chi connectivity index (χ3v) is 3.99. The van der Waals surface area contributed by atoms with Crippen molar-refractivity contribution in [2.24, 2.45) is 0 Å². The zero-order valence-corrected chi connectivity index (χ0v) is 13.7. The molecule has 0 radical (unpaired) electrons. The molecule has 0 aliphatic heterocycles. The summed E-state index contributed by atoms with van der Waals surface area (Å²) in [6, 6.07) is -0.714. The molecule has 0 aromatic heterocycles. The zero-order valence-electron chi connectivity index (χ0n) is 13.7. The van der Waals surface area contributed by atoms with Gasteiger partial charge in [0.2, 0.25) is 0 Å². The van der Waals surface area contributed by atoms with Crippen molar-refractivity contribution >= 4 is 18.0 Å². The zero-order chi connectivity index (χ0) is 17.1. The molecule has 1 amide bonds. The first kappa shape index (κ1) is 19.3. The van der Waals surface area contributed by atoms with Gasteiger partial charge < -0.3 is 19.9 Å². The van der Waals surface area contributed by atoms with Crippen LogP contribution >= 0.6 is 0 Å². The van der Waals surface area contributed by atoms with Crippen LogP contribution < -0.4 is 5.32 Å². The lowest BCUT2D eigenvalue weighted by Gasteiger charge is -2.18. The maximum Gasteiger partial charge on any atom is 0.408 e. The van der Waals surface area contributed by atoms with E-state index in [0.29, 0.717) is 19.3 Å². The fraction of sp³-hybridized carbons (Fsp3) is 0.812. The van der Waals surface area contributed by atoms with Gasteiger partial charge in [-0.1, -0.05) is 19.3 Å². The third kappa shape index (κ3) is 8.42. The molecule has 0 bridgehead atoms. The first-order chi connectivity index (χ1) is 11.0. The summed E-state index contributed by atoms with van der Waals surface area (Å²) in [6.45, 7) is 0. The molecular weight excluding hydrogens is 302 g/mol. The van der Waals surface area contributed by atoms with Gasteiger partial charge in [0.15, 0.2) is 0 Å². The van der Waals surface area contributed by atoms with E-state index in [-0.39, 0.29) is 12.5 Å². The van der Waals surface area contributed by atoms with E-state index in [0.717, 1.165) is 38.5 Å². The average molecular weight is 329 g/mol. The minimum Gasteiger partial charge on any atom is -0.481 e. The number of nitrogens with one attached hydrogen (secondary N) is 1.